The minimum atomic E-state index is -0.534. The maximum absolute atomic E-state index is 13.3. The molecule has 0 saturated heterocycles. The van der Waals surface area contributed by atoms with Crippen LogP contribution in [-0.4, -0.2) is 35.1 Å². The standard InChI is InChI=1S/C25H32Cl2N2O2S/c1-4-6-13-28-25(31)23(5-2)29(15-19-11-12-21(26)22(27)14-19)24(30)17-32-16-20-10-8-7-9-18(20)3/h7-12,14,23H,4-6,13,15-17H2,1-3H3,(H,28,31). The summed E-state index contributed by atoms with van der Waals surface area (Å²) in [5.41, 5.74) is 3.27. The van der Waals surface area contributed by atoms with E-state index in [4.69, 9.17) is 23.2 Å². The molecule has 0 spiro atoms. The molecule has 1 atom stereocenters. The fourth-order valence-electron chi connectivity index (χ4n) is 3.36. The molecule has 0 heterocycles. The third-order valence-electron chi connectivity index (χ3n) is 5.30. The zero-order valence-electron chi connectivity index (χ0n) is 19.0. The van der Waals surface area contributed by atoms with Crippen molar-refractivity contribution in [2.24, 2.45) is 0 Å². The highest BCUT2D eigenvalue weighted by molar-refractivity contribution is 7.99. The van der Waals surface area contributed by atoms with Crippen molar-refractivity contribution in [3.05, 3.63) is 69.2 Å². The van der Waals surface area contributed by atoms with Gasteiger partial charge in [0.15, 0.2) is 0 Å². The van der Waals surface area contributed by atoms with Crippen LogP contribution in [-0.2, 0) is 21.9 Å². The van der Waals surface area contributed by atoms with E-state index >= 15 is 0 Å². The Morgan fingerprint density at radius 3 is 2.50 bits per heavy atom. The van der Waals surface area contributed by atoms with Crippen LogP contribution in [0.4, 0.5) is 0 Å². The Kier molecular flexibility index (Phi) is 11.4. The van der Waals surface area contributed by atoms with Crippen LogP contribution in [0, 0.1) is 6.92 Å². The molecule has 0 bridgehead atoms. The zero-order valence-corrected chi connectivity index (χ0v) is 21.3. The summed E-state index contributed by atoms with van der Waals surface area (Å²) in [5.74, 6) is 0.873. The lowest BCUT2D eigenvalue weighted by Crippen LogP contribution is -2.49. The number of carbonyl (C=O) groups excluding carboxylic acids is 2. The fourth-order valence-corrected chi connectivity index (χ4v) is 4.67. The highest BCUT2D eigenvalue weighted by atomic mass is 35.5. The number of halogens is 2. The van der Waals surface area contributed by atoms with Crippen molar-refractivity contribution in [1.29, 1.82) is 0 Å². The second-order valence-corrected chi connectivity index (χ2v) is 9.56. The Morgan fingerprint density at radius 2 is 1.84 bits per heavy atom. The third-order valence-corrected chi connectivity index (χ3v) is 7.00. The fraction of sp³-hybridized carbons (Fsp3) is 0.440. The van der Waals surface area contributed by atoms with Crippen LogP contribution in [0.3, 0.4) is 0 Å². The Bertz CT molecular complexity index is 907. The second kappa shape index (κ2) is 13.8. The predicted octanol–water partition coefficient (Wildman–Crippen LogP) is 6.26. The van der Waals surface area contributed by atoms with Gasteiger partial charge in [0.05, 0.1) is 15.8 Å². The van der Waals surface area contributed by atoms with Gasteiger partial charge >= 0.3 is 0 Å². The lowest BCUT2D eigenvalue weighted by Gasteiger charge is -2.30. The number of hydrogen-bond acceptors (Lipinski definition) is 3. The first-order valence-corrected chi connectivity index (χ1v) is 12.9. The van der Waals surface area contributed by atoms with Gasteiger partial charge in [0, 0.05) is 18.8 Å². The minimum Gasteiger partial charge on any atom is -0.354 e. The molecule has 0 aliphatic carbocycles. The van der Waals surface area contributed by atoms with Gasteiger partial charge in [-0.2, -0.15) is 0 Å². The number of amides is 2. The summed E-state index contributed by atoms with van der Waals surface area (Å²) in [4.78, 5) is 27.8. The summed E-state index contributed by atoms with van der Waals surface area (Å²) in [6.07, 6.45) is 2.45. The van der Waals surface area contributed by atoms with Crippen LogP contribution in [0.5, 0.6) is 0 Å². The van der Waals surface area contributed by atoms with Gasteiger partial charge in [-0.15, -0.1) is 11.8 Å². The lowest BCUT2D eigenvalue weighted by molar-refractivity contribution is -0.139. The third kappa shape index (κ3) is 8.02. The molecule has 0 radical (unpaired) electrons. The first-order chi connectivity index (χ1) is 15.4. The number of rotatable bonds is 12. The van der Waals surface area contributed by atoms with Crippen LogP contribution >= 0.6 is 35.0 Å². The number of unbranched alkanes of at least 4 members (excludes halogenated alkanes) is 1. The smallest absolute Gasteiger partial charge is 0.242 e. The second-order valence-electron chi connectivity index (χ2n) is 7.76. The molecular weight excluding hydrogens is 463 g/mol. The Hall–Kier alpha value is -1.69. The molecule has 7 heteroatoms. The quantitative estimate of drug-likeness (QED) is 0.354. The van der Waals surface area contributed by atoms with Crippen LogP contribution in [0.1, 0.15) is 49.8 Å². The van der Waals surface area contributed by atoms with E-state index in [2.05, 4.69) is 31.3 Å². The van der Waals surface area contributed by atoms with Gasteiger partial charge in [0.1, 0.15) is 6.04 Å². The largest absolute Gasteiger partial charge is 0.354 e. The highest BCUT2D eigenvalue weighted by Gasteiger charge is 2.28. The normalized spacial score (nSPS) is 11.8. The molecule has 0 aromatic heterocycles. The molecule has 174 valence electrons. The van der Waals surface area contributed by atoms with Gasteiger partial charge in [0.25, 0.3) is 0 Å². The van der Waals surface area contributed by atoms with E-state index in [0.717, 1.165) is 24.2 Å². The van der Waals surface area contributed by atoms with Crippen molar-refractivity contribution in [3.8, 4) is 0 Å². The number of aryl methyl sites for hydroxylation is 1. The summed E-state index contributed by atoms with van der Waals surface area (Å²) >= 11 is 13.8. The topological polar surface area (TPSA) is 49.4 Å². The summed E-state index contributed by atoms with van der Waals surface area (Å²) in [5, 5.41) is 3.88. The van der Waals surface area contributed by atoms with E-state index in [1.807, 2.05) is 25.1 Å². The van der Waals surface area contributed by atoms with Gasteiger partial charge in [-0.3, -0.25) is 9.59 Å². The summed E-state index contributed by atoms with van der Waals surface area (Å²) in [7, 11) is 0. The molecule has 1 unspecified atom stereocenters. The molecule has 0 aliphatic heterocycles. The lowest BCUT2D eigenvalue weighted by atomic mass is 10.1. The average Bonchev–Trinajstić information content (AvgIpc) is 2.77. The van der Waals surface area contributed by atoms with E-state index in [1.54, 1.807) is 28.8 Å². The molecule has 32 heavy (non-hydrogen) atoms. The van der Waals surface area contributed by atoms with E-state index in [0.29, 0.717) is 35.3 Å². The zero-order chi connectivity index (χ0) is 23.5. The first-order valence-electron chi connectivity index (χ1n) is 11.0. The Morgan fingerprint density at radius 1 is 1.09 bits per heavy atom. The molecule has 2 rings (SSSR count). The first kappa shape index (κ1) is 26.6. The van der Waals surface area contributed by atoms with Crippen LogP contribution in [0.15, 0.2) is 42.5 Å². The summed E-state index contributed by atoms with van der Waals surface area (Å²) < 4.78 is 0. The molecule has 2 amide bonds. The van der Waals surface area contributed by atoms with Crippen LogP contribution in [0.2, 0.25) is 10.0 Å². The van der Waals surface area contributed by atoms with Gasteiger partial charge in [-0.05, 0) is 48.6 Å². The summed E-state index contributed by atoms with van der Waals surface area (Å²) in [6, 6.07) is 13.0. The highest BCUT2D eigenvalue weighted by Crippen LogP contribution is 2.25. The summed E-state index contributed by atoms with van der Waals surface area (Å²) in [6.45, 7) is 7.00. The average molecular weight is 496 g/mol. The molecule has 4 nitrogen and oxygen atoms in total. The van der Waals surface area contributed by atoms with Crippen LogP contribution < -0.4 is 5.32 Å². The van der Waals surface area contributed by atoms with Gasteiger partial charge in [0.2, 0.25) is 11.8 Å². The molecule has 2 aromatic rings. The Balaban J connectivity index is 2.15. The van der Waals surface area contributed by atoms with E-state index in [9.17, 15) is 9.59 Å². The van der Waals surface area contributed by atoms with Gasteiger partial charge in [-0.1, -0.05) is 73.8 Å². The monoisotopic (exact) mass is 494 g/mol. The van der Waals surface area contributed by atoms with Crippen molar-refractivity contribution >= 4 is 46.8 Å². The van der Waals surface area contributed by atoms with Gasteiger partial charge < -0.3 is 10.2 Å². The van der Waals surface area contributed by atoms with Gasteiger partial charge in [-0.25, -0.2) is 0 Å². The number of nitrogens with zero attached hydrogens (tertiary/aromatic N) is 1. The van der Waals surface area contributed by atoms with Crippen LogP contribution in [0.25, 0.3) is 0 Å². The maximum atomic E-state index is 13.3. The number of hydrogen-bond donors (Lipinski definition) is 1. The van der Waals surface area contributed by atoms with E-state index < -0.39 is 6.04 Å². The van der Waals surface area contributed by atoms with Crippen molar-refractivity contribution in [1.82, 2.24) is 10.2 Å². The van der Waals surface area contributed by atoms with E-state index in [1.165, 1.54) is 11.1 Å². The SMILES string of the molecule is CCCCNC(=O)C(CC)N(Cc1ccc(Cl)c(Cl)c1)C(=O)CSCc1ccccc1C. The number of benzene rings is 2. The minimum absolute atomic E-state index is 0.0628. The molecular formula is C25H32Cl2N2O2S. The number of nitrogens with one attached hydrogen (secondary N) is 1. The van der Waals surface area contributed by atoms with Crippen molar-refractivity contribution < 1.29 is 9.59 Å². The molecule has 0 aliphatic rings. The molecule has 0 fully saturated rings. The van der Waals surface area contributed by atoms with Crippen molar-refractivity contribution in [2.75, 3.05) is 12.3 Å². The maximum Gasteiger partial charge on any atom is 0.242 e. The number of carbonyl (C=O) groups is 2. The molecule has 0 saturated carbocycles. The van der Waals surface area contributed by atoms with Crippen molar-refractivity contribution in [2.45, 2.75) is 58.4 Å². The van der Waals surface area contributed by atoms with Crippen molar-refractivity contribution in [3.63, 3.8) is 0 Å². The molecule has 2 aromatic carbocycles. The Labute approximate surface area is 206 Å². The predicted molar refractivity (Wildman–Crippen MR) is 136 cm³/mol. The van der Waals surface area contributed by atoms with E-state index in [-0.39, 0.29) is 11.8 Å². The number of thioether (sulfide) groups is 1. The molecule has 1 N–H and O–H groups in total.